The zero-order valence-electron chi connectivity index (χ0n) is 11.4. The van der Waals surface area contributed by atoms with Gasteiger partial charge in [0.25, 0.3) is 0 Å². The van der Waals surface area contributed by atoms with Crippen LogP contribution in [0.5, 0.6) is 0 Å². The molecule has 0 heterocycles. The van der Waals surface area contributed by atoms with Crippen LogP contribution in [0.2, 0.25) is 0 Å². The quantitative estimate of drug-likeness (QED) is 0.640. The molecule has 1 saturated carbocycles. The zero-order chi connectivity index (χ0) is 14.5. The number of carbonyl (C=O) groups excluding carboxylic acids is 2. The third kappa shape index (κ3) is 4.05. The van der Waals surface area contributed by atoms with E-state index in [2.05, 4.69) is 5.32 Å². The Morgan fingerprint density at radius 2 is 2.05 bits per heavy atom. The van der Waals surface area contributed by atoms with Crippen molar-refractivity contribution < 1.29 is 18.7 Å². The van der Waals surface area contributed by atoms with Crippen molar-refractivity contribution in [3.8, 4) is 0 Å². The van der Waals surface area contributed by atoms with Gasteiger partial charge in [-0.15, -0.1) is 0 Å². The van der Waals surface area contributed by atoms with Gasteiger partial charge < -0.3 is 10.1 Å². The average molecular weight is 279 g/mol. The van der Waals surface area contributed by atoms with Crippen molar-refractivity contribution >= 4 is 11.9 Å². The summed E-state index contributed by atoms with van der Waals surface area (Å²) in [6.45, 7) is 2.27. The highest BCUT2D eigenvalue weighted by molar-refractivity contribution is 5.77. The van der Waals surface area contributed by atoms with Gasteiger partial charge in [-0.05, 0) is 36.5 Å². The lowest BCUT2D eigenvalue weighted by atomic mass is 10.1. The van der Waals surface area contributed by atoms with Crippen molar-refractivity contribution in [2.45, 2.75) is 25.7 Å². The van der Waals surface area contributed by atoms with Gasteiger partial charge in [0.15, 0.2) is 0 Å². The Hall–Kier alpha value is -1.91. The second kappa shape index (κ2) is 6.50. The van der Waals surface area contributed by atoms with Crippen molar-refractivity contribution in [3.05, 3.63) is 35.6 Å². The van der Waals surface area contributed by atoms with E-state index in [1.807, 2.05) is 0 Å². The number of amides is 1. The van der Waals surface area contributed by atoms with Crippen LogP contribution in [0.1, 0.15) is 31.2 Å². The molecule has 2 rings (SSSR count). The van der Waals surface area contributed by atoms with E-state index in [1.165, 1.54) is 19.1 Å². The molecule has 1 fully saturated rings. The van der Waals surface area contributed by atoms with Crippen LogP contribution in [0.15, 0.2) is 24.3 Å². The number of esters is 1. The number of nitrogens with one attached hydrogen (secondary N) is 1. The molecule has 108 valence electrons. The third-order valence-electron chi connectivity index (χ3n) is 3.33. The molecule has 0 saturated heterocycles. The van der Waals surface area contributed by atoms with E-state index in [9.17, 15) is 14.0 Å². The minimum absolute atomic E-state index is 0.0881. The van der Waals surface area contributed by atoms with Gasteiger partial charge in [-0.2, -0.15) is 0 Å². The molecule has 1 aromatic rings. The summed E-state index contributed by atoms with van der Waals surface area (Å²) in [5.74, 6) is -0.525. The lowest BCUT2D eigenvalue weighted by Crippen LogP contribution is -2.22. The highest BCUT2D eigenvalue weighted by Crippen LogP contribution is 2.48. The number of hydrogen-bond acceptors (Lipinski definition) is 3. The summed E-state index contributed by atoms with van der Waals surface area (Å²) in [4.78, 5) is 22.4. The van der Waals surface area contributed by atoms with E-state index in [0.29, 0.717) is 19.6 Å². The Morgan fingerprint density at radius 1 is 1.35 bits per heavy atom. The molecule has 2 atom stereocenters. The molecule has 4 nitrogen and oxygen atoms in total. The molecule has 5 heteroatoms. The van der Waals surface area contributed by atoms with Crippen molar-refractivity contribution in [1.29, 1.82) is 0 Å². The fourth-order valence-electron chi connectivity index (χ4n) is 2.15. The van der Waals surface area contributed by atoms with Crippen molar-refractivity contribution in [2.24, 2.45) is 5.92 Å². The first-order valence-corrected chi connectivity index (χ1v) is 6.74. The first-order chi connectivity index (χ1) is 9.58. The molecule has 0 bridgehead atoms. The van der Waals surface area contributed by atoms with Crippen LogP contribution in [0.3, 0.4) is 0 Å². The maximum atomic E-state index is 12.8. The van der Waals surface area contributed by atoms with Crippen molar-refractivity contribution in [2.75, 3.05) is 13.2 Å². The van der Waals surface area contributed by atoms with E-state index in [1.54, 1.807) is 12.1 Å². The fraction of sp³-hybridized carbons (Fsp3) is 0.467. The second-order valence-corrected chi connectivity index (χ2v) is 5.00. The van der Waals surface area contributed by atoms with Gasteiger partial charge in [-0.1, -0.05) is 12.1 Å². The summed E-state index contributed by atoms with van der Waals surface area (Å²) in [6, 6.07) is 6.24. The maximum Gasteiger partial charge on any atom is 0.309 e. The lowest BCUT2D eigenvalue weighted by molar-refractivity contribution is -0.145. The first kappa shape index (κ1) is 14.5. The Labute approximate surface area is 117 Å². The monoisotopic (exact) mass is 279 g/mol. The number of benzene rings is 1. The number of ether oxygens (including phenoxy) is 1. The van der Waals surface area contributed by atoms with Gasteiger partial charge in [-0.25, -0.2) is 4.39 Å². The first-order valence-electron chi connectivity index (χ1n) is 6.74. The molecule has 1 aliphatic carbocycles. The Bertz CT molecular complexity index is 486. The Kier molecular flexibility index (Phi) is 4.71. The second-order valence-electron chi connectivity index (χ2n) is 5.00. The van der Waals surface area contributed by atoms with Crippen LogP contribution >= 0.6 is 0 Å². The standard InChI is InChI=1S/C15H18FNO3/c1-10(18)17-7-2-8-20-15(19)14-9-13(14)11-3-5-12(16)6-4-11/h3-6,13-14H,2,7-9H2,1H3,(H,17,18). The highest BCUT2D eigenvalue weighted by atomic mass is 19.1. The largest absolute Gasteiger partial charge is 0.465 e. The number of hydrogen-bond donors (Lipinski definition) is 1. The van der Waals surface area contributed by atoms with Crippen molar-refractivity contribution in [1.82, 2.24) is 5.32 Å². The van der Waals surface area contributed by atoms with Crippen LogP contribution in [-0.4, -0.2) is 25.0 Å². The zero-order valence-corrected chi connectivity index (χ0v) is 11.4. The molecule has 0 aliphatic heterocycles. The predicted octanol–water partition coefficient (Wildman–Crippen LogP) is 2.00. The predicted molar refractivity (Wildman–Crippen MR) is 71.5 cm³/mol. The van der Waals surface area contributed by atoms with E-state index in [0.717, 1.165) is 12.0 Å². The van der Waals surface area contributed by atoms with Crippen LogP contribution in [0.25, 0.3) is 0 Å². The van der Waals surface area contributed by atoms with E-state index in [4.69, 9.17) is 4.74 Å². The fourth-order valence-corrected chi connectivity index (χ4v) is 2.15. The molecule has 1 N–H and O–H groups in total. The molecule has 0 aromatic heterocycles. The summed E-state index contributed by atoms with van der Waals surface area (Å²) in [5, 5.41) is 2.64. The molecule has 20 heavy (non-hydrogen) atoms. The molecule has 0 spiro atoms. The van der Waals surface area contributed by atoms with E-state index < -0.39 is 0 Å². The minimum atomic E-state index is -0.272. The summed E-state index contributed by atoms with van der Waals surface area (Å²) >= 11 is 0. The number of halogens is 1. The summed E-state index contributed by atoms with van der Waals surface area (Å²) in [6.07, 6.45) is 1.37. The third-order valence-corrected chi connectivity index (χ3v) is 3.33. The maximum absolute atomic E-state index is 12.8. The topological polar surface area (TPSA) is 55.4 Å². The number of carbonyl (C=O) groups is 2. The van der Waals surface area contributed by atoms with Gasteiger partial charge in [0.2, 0.25) is 5.91 Å². The van der Waals surface area contributed by atoms with Gasteiger partial charge >= 0.3 is 5.97 Å². The van der Waals surface area contributed by atoms with Gasteiger partial charge in [-0.3, -0.25) is 9.59 Å². The number of rotatable bonds is 6. The van der Waals surface area contributed by atoms with Gasteiger partial charge in [0.1, 0.15) is 5.82 Å². The average Bonchev–Trinajstić information content (AvgIpc) is 3.19. The molecule has 0 radical (unpaired) electrons. The minimum Gasteiger partial charge on any atom is -0.465 e. The van der Waals surface area contributed by atoms with Crippen LogP contribution in [-0.2, 0) is 14.3 Å². The molecule has 1 aliphatic rings. The molecule has 1 aromatic carbocycles. The molecular formula is C15H18FNO3. The highest BCUT2D eigenvalue weighted by Gasteiger charge is 2.45. The van der Waals surface area contributed by atoms with Crippen LogP contribution in [0, 0.1) is 11.7 Å². The van der Waals surface area contributed by atoms with Crippen LogP contribution < -0.4 is 5.32 Å². The molecule has 2 unspecified atom stereocenters. The van der Waals surface area contributed by atoms with Gasteiger partial charge in [0, 0.05) is 13.5 Å². The summed E-state index contributed by atoms with van der Waals surface area (Å²) in [5.41, 5.74) is 0.978. The lowest BCUT2D eigenvalue weighted by Gasteiger charge is -2.05. The molecular weight excluding hydrogens is 261 g/mol. The Balaban J connectivity index is 1.68. The summed E-state index contributed by atoms with van der Waals surface area (Å²) in [7, 11) is 0. The van der Waals surface area contributed by atoms with E-state index >= 15 is 0 Å². The van der Waals surface area contributed by atoms with Gasteiger partial charge in [0.05, 0.1) is 12.5 Å². The normalized spacial score (nSPS) is 20.3. The summed E-state index contributed by atoms with van der Waals surface area (Å²) < 4.78 is 18.0. The Morgan fingerprint density at radius 3 is 2.70 bits per heavy atom. The SMILES string of the molecule is CC(=O)NCCCOC(=O)C1CC1c1ccc(F)cc1. The smallest absolute Gasteiger partial charge is 0.309 e. The van der Waals surface area contributed by atoms with E-state index in [-0.39, 0.29) is 29.5 Å². The van der Waals surface area contributed by atoms with Crippen LogP contribution in [0.4, 0.5) is 4.39 Å². The van der Waals surface area contributed by atoms with Crippen molar-refractivity contribution in [3.63, 3.8) is 0 Å². The molecule has 1 amide bonds.